The van der Waals surface area contributed by atoms with E-state index in [0.717, 1.165) is 61.5 Å². The van der Waals surface area contributed by atoms with E-state index >= 15 is 0 Å². The number of benzene rings is 2. The zero-order valence-electron chi connectivity index (χ0n) is 19.9. The highest BCUT2D eigenvalue weighted by Gasteiger charge is 2.25. The number of nitriles is 1. The molecule has 1 aliphatic rings. The minimum Gasteiger partial charge on any atom is -0.351 e. The Morgan fingerprint density at radius 3 is 2.38 bits per heavy atom. The number of aryl methyl sites for hydroxylation is 1. The van der Waals surface area contributed by atoms with Gasteiger partial charge in [-0.25, -0.2) is 4.98 Å². The third kappa shape index (κ3) is 7.80. The number of aromatic nitrogens is 1. The Bertz CT molecular complexity index is 1340. The van der Waals surface area contributed by atoms with E-state index in [2.05, 4.69) is 59.2 Å². The van der Waals surface area contributed by atoms with E-state index in [1.165, 1.54) is 16.7 Å². The fourth-order valence-electron chi connectivity index (χ4n) is 3.67. The van der Waals surface area contributed by atoms with Crippen LogP contribution in [0.1, 0.15) is 23.2 Å². The summed E-state index contributed by atoms with van der Waals surface area (Å²) in [6, 6.07) is 13.6. The molecule has 0 atom stereocenters. The van der Waals surface area contributed by atoms with Crippen molar-refractivity contribution in [3.63, 3.8) is 0 Å². The Morgan fingerprint density at radius 1 is 1.19 bits per heavy atom. The first-order valence-corrected chi connectivity index (χ1v) is 14.8. The number of pyridine rings is 1. The van der Waals surface area contributed by atoms with Crippen LogP contribution in [-0.4, -0.2) is 42.0 Å². The molecule has 192 valence electrons. The number of hydrogen-bond acceptors (Lipinski definition) is 5. The van der Waals surface area contributed by atoms with Gasteiger partial charge in [0.1, 0.15) is 11.1 Å². The van der Waals surface area contributed by atoms with Gasteiger partial charge in [-0.2, -0.15) is 5.26 Å². The minimum absolute atomic E-state index is 0.134. The SMILES string of the molecule is CN(C)C=O.N#Cc1c(SCC(=O)Nc2c(Br)cc(Br)cc2Br)nc2c(c1-c1ccc(Cl)cc1)CCC2. The average molecular weight is 730 g/mol. The van der Waals surface area contributed by atoms with Crippen LogP contribution in [0.15, 0.2) is 54.8 Å². The number of nitrogens with zero attached hydrogens (tertiary/aromatic N) is 3. The molecule has 0 spiro atoms. The summed E-state index contributed by atoms with van der Waals surface area (Å²) in [5.74, 6) is -0.0481. The first-order chi connectivity index (χ1) is 17.6. The second-order valence-corrected chi connectivity index (χ2v) is 12.2. The molecular formula is C26H22Br3ClN4O2S. The lowest BCUT2D eigenvalue weighted by Crippen LogP contribution is -2.15. The molecule has 11 heteroatoms. The number of hydrogen-bond donors (Lipinski definition) is 1. The molecule has 0 saturated heterocycles. The molecule has 2 amide bonds. The van der Waals surface area contributed by atoms with Crippen molar-refractivity contribution in [2.45, 2.75) is 24.3 Å². The van der Waals surface area contributed by atoms with Crippen LogP contribution in [-0.2, 0) is 22.4 Å². The van der Waals surface area contributed by atoms with Gasteiger partial charge in [0, 0.05) is 43.8 Å². The second-order valence-electron chi connectivity index (χ2n) is 8.21. The highest BCUT2D eigenvalue weighted by atomic mass is 79.9. The third-order valence-electron chi connectivity index (χ3n) is 5.26. The van der Waals surface area contributed by atoms with E-state index in [1.54, 1.807) is 14.1 Å². The number of fused-ring (bicyclic) bond motifs is 1. The van der Waals surface area contributed by atoms with E-state index in [4.69, 9.17) is 16.6 Å². The fraction of sp³-hybridized carbons (Fsp3) is 0.231. The number of rotatable bonds is 6. The predicted octanol–water partition coefficient (Wildman–Crippen LogP) is 7.49. The van der Waals surface area contributed by atoms with Crippen molar-refractivity contribution < 1.29 is 9.59 Å². The molecule has 0 fully saturated rings. The number of nitrogens with one attached hydrogen (secondary N) is 1. The van der Waals surface area contributed by atoms with Gasteiger partial charge in [0.2, 0.25) is 12.3 Å². The van der Waals surface area contributed by atoms with Crippen LogP contribution in [0.5, 0.6) is 0 Å². The molecule has 6 nitrogen and oxygen atoms in total. The number of thioether (sulfide) groups is 1. The molecule has 1 aromatic heterocycles. The molecule has 3 aromatic rings. The summed E-state index contributed by atoms with van der Waals surface area (Å²) in [6.07, 6.45) is 3.53. The van der Waals surface area contributed by atoms with Crippen molar-refractivity contribution >= 4 is 89.2 Å². The zero-order valence-corrected chi connectivity index (χ0v) is 26.3. The Hall–Kier alpha value is -1.90. The van der Waals surface area contributed by atoms with Crippen LogP contribution in [0, 0.1) is 11.3 Å². The molecule has 1 N–H and O–H groups in total. The Balaban J connectivity index is 0.000000695. The maximum absolute atomic E-state index is 12.7. The quantitative estimate of drug-likeness (QED) is 0.210. The van der Waals surface area contributed by atoms with E-state index < -0.39 is 0 Å². The highest BCUT2D eigenvalue weighted by molar-refractivity contribution is 9.11. The van der Waals surface area contributed by atoms with Crippen LogP contribution in [0.3, 0.4) is 0 Å². The van der Waals surface area contributed by atoms with E-state index in [1.807, 2.05) is 36.4 Å². The van der Waals surface area contributed by atoms with Gasteiger partial charge in [-0.1, -0.05) is 51.4 Å². The number of carbonyl (C=O) groups is 2. The summed E-state index contributed by atoms with van der Waals surface area (Å²) < 4.78 is 2.41. The van der Waals surface area contributed by atoms with Crippen molar-refractivity contribution in [1.29, 1.82) is 5.26 Å². The average Bonchev–Trinajstić information content (AvgIpc) is 3.33. The molecule has 2 aromatic carbocycles. The van der Waals surface area contributed by atoms with Crippen LogP contribution < -0.4 is 5.32 Å². The lowest BCUT2D eigenvalue weighted by atomic mass is 9.95. The summed E-state index contributed by atoms with van der Waals surface area (Å²) in [4.78, 5) is 28.3. The van der Waals surface area contributed by atoms with Crippen LogP contribution in [0.4, 0.5) is 5.69 Å². The maximum atomic E-state index is 12.7. The summed E-state index contributed by atoms with van der Waals surface area (Å²) in [5.41, 5.74) is 5.16. The van der Waals surface area contributed by atoms with Gasteiger partial charge in [0.15, 0.2) is 0 Å². The van der Waals surface area contributed by atoms with Crippen molar-refractivity contribution in [2.24, 2.45) is 0 Å². The highest BCUT2D eigenvalue weighted by Crippen LogP contribution is 2.39. The Morgan fingerprint density at radius 2 is 1.81 bits per heavy atom. The van der Waals surface area contributed by atoms with Crippen molar-refractivity contribution in [2.75, 3.05) is 25.2 Å². The largest absolute Gasteiger partial charge is 0.351 e. The Labute approximate surface area is 250 Å². The van der Waals surface area contributed by atoms with Gasteiger partial charge in [-0.3, -0.25) is 9.59 Å². The van der Waals surface area contributed by atoms with Crippen molar-refractivity contribution in [3.05, 3.63) is 71.7 Å². The van der Waals surface area contributed by atoms with Gasteiger partial charge in [0.25, 0.3) is 0 Å². The molecule has 4 rings (SSSR count). The molecule has 0 aliphatic heterocycles. The predicted molar refractivity (Wildman–Crippen MR) is 160 cm³/mol. The van der Waals surface area contributed by atoms with E-state index in [-0.39, 0.29) is 11.7 Å². The molecular weight excluding hydrogens is 708 g/mol. The molecule has 37 heavy (non-hydrogen) atoms. The maximum Gasteiger partial charge on any atom is 0.234 e. The second kappa shape index (κ2) is 13.8. The van der Waals surface area contributed by atoms with Crippen LogP contribution in [0.25, 0.3) is 11.1 Å². The lowest BCUT2D eigenvalue weighted by Gasteiger charge is -2.15. The van der Waals surface area contributed by atoms with Gasteiger partial charge < -0.3 is 10.2 Å². The minimum atomic E-state index is -0.182. The molecule has 0 radical (unpaired) electrons. The van der Waals surface area contributed by atoms with Gasteiger partial charge in [0.05, 0.1) is 17.0 Å². The van der Waals surface area contributed by atoms with Crippen molar-refractivity contribution in [3.8, 4) is 17.2 Å². The van der Waals surface area contributed by atoms with Crippen LogP contribution in [0.2, 0.25) is 5.02 Å². The third-order valence-corrected chi connectivity index (χ3v) is 8.19. The molecule has 1 aliphatic carbocycles. The standard InChI is InChI=1S/C23H15Br3ClN3OS.C3H7NO/c24-13-8-17(25)22(18(26)9-13)30-20(31)11-32-23-16(10-28)21(12-4-6-14(27)7-5-12)15-2-1-3-19(15)29-23;1-4(2)3-5/h4-9H,1-3,11H2,(H,30,31);3H,1-2H3. The number of carbonyl (C=O) groups excluding carboxylic acids is 2. The first-order valence-electron chi connectivity index (χ1n) is 11.0. The van der Waals surface area contributed by atoms with Crippen molar-refractivity contribution in [1.82, 2.24) is 9.88 Å². The number of halogens is 4. The van der Waals surface area contributed by atoms with Crippen LogP contribution >= 0.6 is 71.2 Å². The molecule has 0 unspecified atom stereocenters. The van der Waals surface area contributed by atoms with Gasteiger partial charge in [-0.15, -0.1) is 0 Å². The van der Waals surface area contributed by atoms with E-state index in [0.29, 0.717) is 21.3 Å². The number of anilines is 1. The summed E-state index contributed by atoms with van der Waals surface area (Å²) in [6.45, 7) is 0. The smallest absolute Gasteiger partial charge is 0.234 e. The van der Waals surface area contributed by atoms with Gasteiger partial charge >= 0.3 is 0 Å². The monoisotopic (exact) mass is 726 g/mol. The molecule has 0 saturated carbocycles. The first kappa shape index (κ1) is 29.7. The summed E-state index contributed by atoms with van der Waals surface area (Å²) in [5, 5.41) is 14.2. The Kier molecular flexibility index (Phi) is 11.0. The molecule has 1 heterocycles. The summed E-state index contributed by atoms with van der Waals surface area (Å²) in [7, 11) is 3.38. The lowest BCUT2D eigenvalue weighted by molar-refractivity contribution is -0.116. The van der Waals surface area contributed by atoms with E-state index in [9.17, 15) is 14.9 Å². The zero-order chi connectivity index (χ0) is 27.1. The summed E-state index contributed by atoms with van der Waals surface area (Å²) >= 11 is 17.7. The number of amides is 2. The fourth-order valence-corrected chi connectivity index (χ4v) is 7.06. The van der Waals surface area contributed by atoms with Gasteiger partial charge in [-0.05, 0) is 86.5 Å². The molecule has 0 bridgehead atoms. The normalized spacial score (nSPS) is 11.6. The topological polar surface area (TPSA) is 86.1 Å².